The Morgan fingerprint density at radius 3 is 2.94 bits per heavy atom. The number of benzene rings is 1. The van der Waals surface area contributed by atoms with Crippen molar-refractivity contribution in [2.24, 2.45) is 0 Å². The summed E-state index contributed by atoms with van der Waals surface area (Å²) in [7, 11) is 1.90. The number of fused-ring (bicyclic) bond motifs is 1. The molecular formula is C13H12N4S. The molecule has 0 amide bonds. The quantitative estimate of drug-likeness (QED) is 0.782. The maximum atomic E-state index is 4.44. The number of rotatable bonds is 3. The molecule has 0 unspecified atom stereocenters. The first-order valence-electron chi connectivity index (χ1n) is 5.69. The van der Waals surface area contributed by atoms with E-state index >= 15 is 0 Å². The Morgan fingerprint density at radius 2 is 2.06 bits per heavy atom. The molecule has 0 saturated heterocycles. The molecule has 0 aliphatic carbocycles. The maximum absolute atomic E-state index is 4.44. The number of nitrogens with zero attached hydrogens (tertiary/aromatic N) is 3. The van der Waals surface area contributed by atoms with Crippen LogP contribution in [0.3, 0.4) is 0 Å². The van der Waals surface area contributed by atoms with Crippen molar-refractivity contribution >= 4 is 22.2 Å². The molecule has 0 aliphatic heterocycles. The van der Waals surface area contributed by atoms with Crippen LogP contribution in [0.25, 0.3) is 21.5 Å². The molecule has 2 aromatic heterocycles. The Bertz CT molecular complexity index is 672. The number of para-hydroxylation sites is 1. The average molecular weight is 256 g/mol. The molecule has 0 saturated carbocycles. The highest BCUT2D eigenvalue weighted by atomic mass is 32.1. The van der Waals surface area contributed by atoms with Crippen LogP contribution in [0.5, 0.6) is 0 Å². The highest BCUT2D eigenvalue weighted by Gasteiger charge is 2.09. The van der Waals surface area contributed by atoms with Crippen molar-refractivity contribution in [3.63, 3.8) is 0 Å². The standard InChI is InChI=1S/C13H12N4S/c1-14-8-11-16-17-13(18-11)10-6-2-4-9-5-3-7-15-12(9)10/h2-7,14H,8H2,1H3. The lowest BCUT2D eigenvalue weighted by Crippen LogP contribution is -2.04. The van der Waals surface area contributed by atoms with Gasteiger partial charge in [-0.15, -0.1) is 10.2 Å². The number of hydrogen-bond donors (Lipinski definition) is 1. The van der Waals surface area contributed by atoms with Crippen LogP contribution >= 0.6 is 11.3 Å². The second-order valence-corrected chi connectivity index (χ2v) is 4.97. The molecule has 0 aliphatic rings. The van der Waals surface area contributed by atoms with Gasteiger partial charge in [0.05, 0.1) is 5.52 Å². The Morgan fingerprint density at radius 1 is 1.17 bits per heavy atom. The minimum atomic E-state index is 0.746. The zero-order valence-corrected chi connectivity index (χ0v) is 10.7. The van der Waals surface area contributed by atoms with E-state index in [1.807, 2.05) is 25.2 Å². The normalized spacial score (nSPS) is 10.9. The molecule has 3 rings (SSSR count). The molecule has 0 spiro atoms. The second kappa shape index (κ2) is 4.80. The third kappa shape index (κ3) is 1.98. The SMILES string of the molecule is CNCc1nnc(-c2cccc3cccnc23)s1. The zero-order chi connectivity index (χ0) is 12.4. The number of aromatic nitrogens is 3. The van der Waals surface area contributed by atoms with Gasteiger partial charge in [-0.25, -0.2) is 0 Å². The fraction of sp³-hybridized carbons (Fsp3) is 0.154. The lowest BCUT2D eigenvalue weighted by molar-refractivity contribution is 0.795. The first kappa shape index (κ1) is 11.3. The summed E-state index contributed by atoms with van der Waals surface area (Å²) in [6.45, 7) is 0.746. The van der Waals surface area contributed by atoms with Crippen LogP contribution in [0, 0.1) is 0 Å². The molecule has 5 heteroatoms. The van der Waals surface area contributed by atoms with Gasteiger partial charge in [0.1, 0.15) is 10.0 Å². The second-order valence-electron chi connectivity index (χ2n) is 3.91. The molecule has 2 heterocycles. The molecule has 0 bridgehead atoms. The highest BCUT2D eigenvalue weighted by molar-refractivity contribution is 7.14. The minimum absolute atomic E-state index is 0.746. The topological polar surface area (TPSA) is 50.7 Å². The van der Waals surface area contributed by atoms with Crippen molar-refractivity contribution in [1.29, 1.82) is 0 Å². The van der Waals surface area contributed by atoms with Crippen LogP contribution in [-0.4, -0.2) is 22.2 Å². The van der Waals surface area contributed by atoms with Crippen LogP contribution in [0.1, 0.15) is 5.01 Å². The van der Waals surface area contributed by atoms with Crippen LogP contribution in [-0.2, 0) is 6.54 Å². The van der Waals surface area contributed by atoms with E-state index in [0.29, 0.717) is 0 Å². The van der Waals surface area contributed by atoms with Gasteiger partial charge in [-0.3, -0.25) is 4.98 Å². The van der Waals surface area contributed by atoms with Gasteiger partial charge in [-0.2, -0.15) is 0 Å². The Balaban J connectivity index is 2.12. The number of nitrogens with one attached hydrogen (secondary N) is 1. The van der Waals surface area contributed by atoms with Crippen LogP contribution in [0.2, 0.25) is 0 Å². The summed E-state index contributed by atoms with van der Waals surface area (Å²) >= 11 is 1.60. The van der Waals surface area contributed by atoms with Gasteiger partial charge in [0.15, 0.2) is 0 Å². The molecule has 0 radical (unpaired) electrons. The van der Waals surface area contributed by atoms with Gasteiger partial charge < -0.3 is 5.32 Å². The average Bonchev–Trinajstić information content (AvgIpc) is 2.87. The van der Waals surface area contributed by atoms with E-state index < -0.39 is 0 Å². The fourth-order valence-electron chi connectivity index (χ4n) is 1.86. The van der Waals surface area contributed by atoms with Crippen LogP contribution < -0.4 is 5.32 Å². The Hall–Kier alpha value is -1.85. The van der Waals surface area contributed by atoms with Crippen molar-refractivity contribution in [2.75, 3.05) is 7.05 Å². The van der Waals surface area contributed by atoms with E-state index in [1.165, 1.54) is 0 Å². The first-order chi connectivity index (χ1) is 8.88. The van der Waals surface area contributed by atoms with E-state index in [2.05, 4.69) is 32.6 Å². The predicted octanol–water partition coefficient (Wildman–Crippen LogP) is 2.47. The number of hydrogen-bond acceptors (Lipinski definition) is 5. The van der Waals surface area contributed by atoms with E-state index in [1.54, 1.807) is 17.5 Å². The van der Waals surface area contributed by atoms with Gasteiger partial charge in [0.25, 0.3) is 0 Å². The van der Waals surface area contributed by atoms with E-state index in [9.17, 15) is 0 Å². The van der Waals surface area contributed by atoms with Crippen molar-refractivity contribution in [3.8, 4) is 10.6 Å². The monoisotopic (exact) mass is 256 g/mol. The highest BCUT2D eigenvalue weighted by Crippen LogP contribution is 2.29. The summed E-state index contributed by atoms with van der Waals surface area (Å²) in [6, 6.07) is 10.1. The molecule has 0 atom stereocenters. The van der Waals surface area contributed by atoms with E-state index in [-0.39, 0.29) is 0 Å². The van der Waals surface area contributed by atoms with E-state index in [4.69, 9.17) is 0 Å². The van der Waals surface area contributed by atoms with Crippen LogP contribution in [0.15, 0.2) is 36.5 Å². The molecule has 0 fully saturated rings. The first-order valence-corrected chi connectivity index (χ1v) is 6.51. The third-order valence-electron chi connectivity index (χ3n) is 2.66. The molecular weight excluding hydrogens is 244 g/mol. The summed E-state index contributed by atoms with van der Waals surface area (Å²) < 4.78 is 0. The molecule has 18 heavy (non-hydrogen) atoms. The number of pyridine rings is 1. The Kier molecular flexibility index (Phi) is 3.00. The van der Waals surface area contributed by atoms with Gasteiger partial charge in [0, 0.05) is 23.7 Å². The summed E-state index contributed by atoms with van der Waals surface area (Å²) in [4.78, 5) is 4.44. The van der Waals surface area contributed by atoms with Crippen molar-refractivity contribution < 1.29 is 0 Å². The third-order valence-corrected chi connectivity index (χ3v) is 3.61. The van der Waals surface area contributed by atoms with Gasteiger partial charge in [-0.1, -0.05) is 29.5 Å². The maximum Gasteiger partial charge on any atom is 0.150 e. The minimum Gasteiger partial charge on any atom is -0.313 e. The van der Waals surface area contributed by atoms with Crippen molar-refractivity contribution in [1.82, 2.24) is 20.5 Å². The largest absolute Gasteiger partial charge is 0.313 e. The molecule has 90 valence electrons. The lowest BCUT2D eigenvalue weighted by atomic mass is 10.1. The van der Waals surface area contributed by atoms with Gasteiger partial charge in [-0.05, 0) is 19.2 Å². The smallest absolute Gasteiger partial charge is 0.150 e. The summed E-state index contributed by atoms with van der Waals surface area (Å²) in [5.41, 5.74) is 2.03. The van der Waals surface area contributed by atoms with Crippen molar-refractivity contribution in [3.05, 3.63) is 41.5 Å². The van der Waals surface area contributed by atoms with Crippen LogP contribution in [0.4, 0.5) is 0 Å². The van der Waals surface area contributed by atoms with E-state index in [0.717, 1.165) is 33.0 Å². The zero-order valence-electron chi connectivity index (χ0n) is 9.92. The lowest BCUT2D eigenvalue weighted by Gasteiger charge is -2.01. The molecule has 1 N–H and O–H groups in total. The summed E-state index contributed by atoms with van der Waals surface area (Å²) in [5.74, 6) is 0. The van der Waals surface area contributed by atoms with Crippen molar-refractivity contribution in [2.45, 2.75) is 6.54 Å². The molecule has 1 aromatic carbocycles. The summed E-state index contributed by atoms with van der Waals surface area (Å²) in [5, 5.41) is 14.5. The Labute approximate surface area is 109 Å². The predicted molar refractivity (Wildman–Crippen MR) is 73.4 cm³/mol. The molecule has 4 nitrogen and oxygen atoms in total. The molecule has 3 aromatic rings. The van der Waals surface area contributed by atoms with Gasteiger partial charge >= 0.3 is 0 Å². The summed E-state index contributed by atoms with van der Waals surface area (Å²) in [6.07, 6.45) is 1.81. The fourth-order valence-corrected chi connectivity index (χ4v) is 2.74. The van der Waals surface area contributed by atoms with Gasteiger partial charge in [0.2, 0.25) is 0 Å².